The van der Waals surface area contributed by atoms with Crippen LogP contribution in [0.15, 0.2) is 127 Å². The van der Waals surface area contributed by atoms with Gasteiger partial charge in [-0.15, -0.1) is 19.3 Å². The molecule has 0 spiro atoms. The number of nitrogens with zero attached hydrogens (tertiary/aromatic N) is 1. The van der Waals surface area contributed by atoms with Gasteiger partial charge in [0.2, 0.25) is 5.91 Å². The first-order chi connectivity index (χ1) is 23.9. The van der Waals surface area contributed by atoms with Crippen LogP contribution in [0.25, 0.3) is 33.4 Å². The topological polar surface area (TPSA) is 20.3 Å². The van der Waals surface area contributed by atoms with Crippen molar-refractivity contribution in [3.63, 3.8) is 0 Å². The number of hydrogen-bond acceptors (Lipinski definition) is 1. The Morgan fingerprint density at radius 3 is 1.04 bits per heavy atom. The Morgan fingerprint density at radius 1 is 0.490 bits per heavy atom. The highest BCUT2D eigenvalue weighted by molar-refractivity contribution is 6.01. The van der Waals surface area contributed by atoms with Crippen LogP contribution in [0, 0.1) is 37.0 Å². The van der Waals surface area contributed by atoms with Crippen LogP contribution in [0.5, 0.6) is 0 Å². The average molecular weight is 626 g/mol. The van der Waals surface area contributed by atoms with E-state index in [2.05, 4.69) is 109 Å². The molecule has 0 unspecified atom stereocenters. The lowest BCUT2D eigenvalue weighted by Gasteiger charge is -2.50. The van der Waals surface area contributed by atoms with E-state index in [1.54, 1.807) is 4.90 Å². The van der Waals surface area contributed by atoms with Crippen LogP contribution < -0.4 is 0 Å². The van der Waals surface area contributed by atoms with Crippen LogP contribution in [0.1, 0.15) is 56.0 Å². The van der Waals surface area contributed by atoms with Crippen molar-refractivity contribution in [3.8, 4) is 70.4 Å². The summed E-state index contributed by atoms with van der Waals surface area (Å²) in [6, 6.07) is 43.9. The molecular formula is C47H31NO. The van der Waals surface area contributed by atoms with Crippen molar-refractivity contribution in [3.05, 3.63) is 177 Å². The lowest BCUT2D eigenvalue weighted by Crippen LogP contribution is -2.52. The first kappa shape index (κ1) is 29.8. The zero-order valence-electron chi connectivity index (χ0n) is 27.3. The van der Waals surface area contributed by atoms with Crippen molar-refractivity contribution in [1.29, 1.82) is 0 Å². The number of carbonyl (C=O) groups is 1. The number of hydrogen-bond donors (Lipinski definition) is 0. The van der Waals surface area contributed by atoms with E-state index >= 15 is 4.79 Å². The van der Waals surface area contributed by atoms with Gasteiger partial charge in [-0.05, 0) is 121 Å². The van der Waals surface area contributed by atoms with E-state index in [-0.39, 0.29) is 11.8 Å². The SMILES string of the molecule is C#Cc1ccc(-c2ccc3c(c2)C2(C(=O)N(C)C)c4cc(-c5ccc(C#C)cc5)ccc4C3c3ccc(-c4ccc(C#C)cc4)cc32)cc1. The largest absolute Gasteiger partial charge is 0.347 e. The van der Waals surface area contributed by atoms with Gasteiger partial charge in [0.1, 0.15) is 5.41 Å². The van der Waals surface area contributed by atoms with E-state index in [1.165, 1.54) is 0 Å². The maximum atomic E-state index is 15.2. The van der Waals surface area contributed by atoms with Gasteiger partial charge < -0.3 is 4.90 Å². The second-order valence-corrected chi connectivity index (χ2v) is 13.0. The molecule has 9 rings (SSSR count). The Labute approximate surface area is 288 Å². The third kappa shape index (κ3) is 4.45. The van der Waals surface area contributed by atoms with Gasteiger partial charge in [-0.2, -0.15) is 0 Å². The Kier molecular flexibility index (Phi) is 6.89. The molecule has 230 valence electrons. The molecule has 0 saturated carbocycles. The van der Waals surface area contributed by atoms with Crippen LogP contribution in [0.2, 0.25) is 0 Å². The predicted molar refractivity (Wildman–Crippen MR) is 199 cm³/mol. The first-order valence-electron chi connectivity index (χ1n) is 16.2. The number of likely N-dealkylation sites (N-methyl/N-ethyl adjacent to an activating group) is 1. The first-order valence-corrected chi connectivity index (χ1v) is 16.2. The molecular weight excluding hydrogens is 595 g/mol. The van der Waals surface area contributed by atoms with Crippen LogP contribution in [0.3, 0.4) is 0 Å². The maximum absolute atomic E-state index is 15.2. The second kappa shape index (κ2) is 11.3. The fraction of sp³-hybridized carbons (Fsp3) is 0.0851. The summed E-state index contributed by atoms with van der Waals surface area (Å²) in [6.07, 6.45) is 17.0. The zero-order chi connectivity index (χ0) is 33.9. The lowest BCUT2D eigenvalue weighted by molar-refractivity contribution is -0.132. The highest BCUT2D eigenvalue weighted by Crippen LogP contribution is 2.61. The molecule has 2 bridgehead atoms. The normalized spacial score (nSPS) is 16.3. The van der Waals surface area contributed by atoms with E-state index in [1.807, 2.05) is 50.5 Å². The molecule has 2 heteroatoms. The molecule has 0 atom stereocenters. The Balaban J connectivity index is 1.43. The smallest absolute Gasteiger partial charge is 0.241 e. The molecule has 49 heavy (non-hydrogen) atoms. The minimum atomic E-state index is -1.10. The summed E-state index contributed by atoms with van der Waals surface area (Å²) in [5.74, 6) is 8.11. The van der Waals surface area contributed by atoms with Crippen molar-refractivity contribution >= 4 is 5.91 Å². The van der Waals surface area contributed by atoms with Gasteiger partial charge in [0.25, 0.3) is 0 Å². The highest BCUT2D eigenvalue weighted by Gasteiger charge is 2.57. The number of carbonyl (C=O) groups excluding carboxylic acids is 1. The van der Waals surface area contributed by atoms with Crippen molar-refractivity contribution in [2.45, 2.75) is 11.3 Å². The summed E-state index contributed by atoms with van der Waals surface area (Å²) in [5, 5.41) is 0. The average Bonchev–Trinajstić information content (AvgIpc) is 3.16. The molecule has 1 amide bonds. The fourth-order valence-electron chi connectivity index (χ4n) is 7.83. The van der Waals surface area contributed by atoms with Gasteiger partial charge in [0.05, 0.1) is 0 Å². The fourth-order valence-corrected chi connectivity index (χ4v) is 7.83. The number of rotatable bonds is 4. The van der Waals surface area contributed by atoms with E-state index in [9.17, 15) is 0 Å². The molecule has 0 fully saturated rings. The van der Waals surface area contributed by atoms with Gasteiger partial charge in [0, 0.05) is 36.7 Å². The van der Waals surface area contributed by atoms with Gasteiger partial charge >= 0.3 is 0 Å². The summed E-state index contributed by atoms with van der Waals surface area (Å²) in [4.78, 5) is 17.0. The summed E-state index contributed by atoms with van der Waals surface area (Å²) >= 11 is 0. The highest BCUT2D eigenvalue weighted by atomic mass is 16.2. The molecule has 2 nitrogen and oxygen atoms in total. The molecule has 0 aromatic heterocycles. The molecule has 0 N–H and O–H groups in total. The van der Waals surface area contributed by atoms with Crippen LogP contribution in [-0.4, -0.2) is 24.9 Å². The summed E-state index contributed by atoms with van der Waals surface area (Å²) in [5.41, 5.74) is 14.1. The van der Waals surface area contributed by atoms with Crippen molar-refractivity contribution in [1.82, 2.24) is 4.90 Å². The minimum Gasteiger partial charge on any atom is -0.347 e. The number of amides is 1. The summed E-state index contributed by atoms with van der Waals surface area (Å²) < 4.78 is 0. The third-order valence-electron chi connectivity index (χ3n) is 10.2. The maximum Gasteiger partial charge on any atom is 0.241 e. The lowest BCUT2D eigenvalue weighted by atomic mass is 9.52. The molecule has 6 aromatic rings. The molecule has 0 heterocycles. The second-order valence-electron chi connectivity index (χ2n) is 13.0. The quantitative estimate of drug-likeness (QED) is 0.179. The van der Waals surface area contributed by atoms with Gasteiger partial charge in [0.15, 0.2) is 0 Å². The van der Waals surface area contributed by atoms with Crippen molar-refractivity contribution in [2.24, 2.45) is 0 Å². The molecule has 3 aliphatic rings. The zero-order valence-corrected chi connectivity index (χ0v) is 27.3. The number of benzene rings is 6. The monoisotopic (exact) mass is 625 g/mol. The standard InChI is InChI=1S/C47H31NO/c1-6-30-9-15-33(16-10-30)36-21-24-39-42(27-36)47(46(49)48(4)5)43-28-37(34-17-11-31(7-2)12-18-34)22-25-40(43)45(39)41-26-23-38(29-44(41)47)35-19-13-32(8-3)14-20-35/h1-3,9-29,45H,4-5H3. The number of terminal acetylenes is 3. The summed E-state index contributed by atoms with van der Waals surface area (Å²) in [7, 11) is 3.70. The van der Waals surface area contributed by atoms with Gasteiger partial charge in [-0.1, -0.05) is 90.6 Å². The Bertz CT molecular complexity index is 2180. The summed E-state index contributed by atoms with van der Waals surface area (Å²) in [6.45, 7) is 0. The molecule has 0 saturated heterocycles. The van der Waals surface area contributed by atoms with E-state index in [0.717, 1.165) is 83.5 Å². The predicted octanol–water partition coefficient (Wildman–Crippen LogP) is 8.86. The third-order valence-corrected chi connectivity index (χ3v) is 10.2. The minimum absolute atomic E-state index is 0.00823. The van der Waals surface area contributed by atoms with E-state index in [0.29, 0.717) is 0 Å². The Morgan fingerprint density at radius 2 is 0.776 bits per heavy atom. The van der Waals surface area contributed by atoms with E-state index in [4.69, 9.17) is 19.3 Å². The van der Waals surface area contributed by atoms with Gasteiger partial charge in [-0.25, -0.2) is 0 Å². The molecule has 3 aliphatic carbocycles. The van der Waals surface area contributed by atoms with Gasteiger partial charge in [-0.3, -0.25) is 4.79 Å². The molecule has 0 radical (unpaired) electrons. The van der Waals surface area contributed by atoms with Crippen LogP contribution in [-0.2, 0) is 10.2 Å². The Hall–Kier alpha value is -6.53. The van der Waals surface area contributed by atoms with E-state index < -0.39 is 5.41 Å². The van der Waals surface area contributed by atoms with Crippen molar-refractivity contribution in [2.75, 3.05) is 14.1 Å². The van der Waals surface area contributed by atoms with Crippen LogP contribution in [0.4, 0.5) is 0 Å². The molecule has 6 aromatic carbocycles. The van der Waals surface area contributed by atoms with Crippen molar-refractivity contribution < 1.29 is 4.79 Å². The molecule has 0 aliphatic heterocycles. The van der Waals surface area contributed by atoms with Crippen LogP contribution >= 0.6 is 0 Å².